The molecule has 0 aliphatic carbocycles. The van der Waals surface area contributed by atoms with Crippen molar-refractivity contribution in [3.05, 3.63) is 57.6 Å². The number of nitrogens with one attached hydrogen (secondary N) is 1. The summed E-state index contributed by atoms with van der Waals surface area (Å²) in [4.78, 5) is 12.4. The number of amides is 1. The molecule has 2 rings (SSSR count). The third-order valence-electron chi connectivity index (χ3n) is 3.68. The summed E-state index contributed by atoms with van der Waals surface area (Å²) >= 11 is 6.23. The number of hydrogen-bond donors (Lipinski definition) is 1. The summed E-state index contributed by atoms with van der Waals surface area (Å²) in [6.45, 7) is 9.61. The molecular formula is C19H22ClNO2. The smallest absolute Gasteiger partial charge is 0.265 e. The highest BCUT2D eigenvalue weighted by atomic mass is 35.5. The summed E-state index contributed by atoms with van der Waals surface area (Å²) in [6, 6.07) is 9.70. The Morgan fingerprint density at radius 1 is 1.04 bits per heavy atom. The molecule has 1 atom stereocenters. The van der Waals surface area contributed by atoms with Crippen molar-refractivity contribution < 1.29 is 9.53 Å². The van der Waals surface area contributed by atoms with Gasteiger partial charge in [-0.2, -0.15) is 0 Å². The van der Waals surface area contributed by atoms with Crippen LogP contribution < -0.4 is 10.1 Å². The van der Waals surface area contributed by atoms with Crippen molar-refractivity contribution in [1.82, 2.24) is 0 Å². The van der Waals surface area contributed by atoms with Crippen LogP contribution in [0.5, 0.6) is 5.75 Å². The average Bonchev–Trinajstić information content (AvgIpc) is 2.45. The first-order valence-electron chi connectivity index (χ1n) is 7.59. The van der Waals surface area contributed by atoms with Gasteiger partial charge in [0.15, 0.2) is 6.10 Å². The summed E-state index contributed by atoms with van der Waals surface area (Å²) < 4.78 is 5.78. The molecule has 0 saturated heterocycles. The molecule has 0 spiro atoms. The van der Waals surface area contributed by atoms with E-state index in [0.29, 0.717) is 16.5 Å². The molecule has 0 saturated carbocycles. The molecular weight excluding hydrogens is 310 g/mol. The van der Waals surface area contributed by atoms with E-state index in [4.69, 9.17) is 16.3 Å². The first-order chi connectivity index (χ1) is 10.8. The molecule has 3 nitrogen and oxygen atoms in total. The van der Waals surface area contributed by atoms with Crippen LogP contribution in [0.15, 0.2) is 30.3 Å². The van der Waals surface area contributed by atoms with Crippen molar-refractivity contribution in [2.75, 3.05) is 5.32 Å². The van der Waals surface area contributed by atoms with Crippen molar-refractivity contribution in [1.29, 1.82) is 0 Å². The Kier molecular flexibility index (Phi) is 5.32. The highest BCUT2D eigenvalue weighted by molar-refractivity contribution is 6.34. The fraction of sp³-hybridized carbons (Fsp3) is 0.316. The Morgan fingerprint density at radius 3 is 2.30 bits per heavy atom. The van der Waals surface area contributed by atoms with Crippen LogP contribution in [-0.2, 0) is 4.79 Å². The van der Waals surface area contributed by atoms with Crippen molar-refractivity contribution >= 4 is 23.2 Å². The second-order valence-corrected chi connectivity index (χ2v) is 6.36. The minimum absolute atomic E-state index is 0.223. The van der Waals surface area contributed by atoms with Crippen LogP contribution in [0.25, 0.3) is 0 Å². The summed E-state index contributed by atoms with van der Waals surface area (Å²) in [5, 5.41) is 3.40. The molecule has 1 amide bonds. The predicted octanol–water partition coefficient (Wildman–Crippen LogP) is 4.98. The number of rotatable bonds is 4. The summed E-state index contributed by atoms with van der Waals surface area (Å²) in [7, 11) is 0. The van der Waals surface area contributed by atoms with Gasteiger partial charge in [-0.05, 0) is 63.4 Å². The van der Waals surface area contributed by atoms with Crippen LogP contribution in [0.4, 0.5) is 5.69 Å². The Bertz CT molecular complexity index is 717. The fourth-order valence-electron chi connectivity index (χ4n) is 2.47. The van der Waals surface area contributed by atoms with E-state index >= 15 is 0 Å². The lowest BCUT2D eigenvalue weighted by Gasteiger charge is -2.18. The van der Waals surface area contributed by atoms with E-state index in [0.717, 1.165) is 22.3 Å². The molecule has 0 heterocycles. The van der Waals surface area contributed by atoms with Crippen molar-refractivity contribution in [2.45, 2.75) is 40.7 Å². The number of halogens is 1. The van der Waals surface area contributed by atoms with Crippen LogP contribution >= 0.6 is 11.6 Å². The molecule has 23 heavy (non-hydrogen) atoms. The third kappa shape index (κ3) is 4.26. The molecule has 0 aliphatic rings. The maximum Gasteiger partial charge on any atom is 0.265 e. The zero-order chi connectivity index (χ0) is 17.1. The normalized spacial score (nSPS) is 11.9. The average molecular weight is 332 g/mol. The molecule has 4 heteroatoms. The molecule has 2 aromatic carbocycles. The maximum atomic E-state index is 12.4. The van der Waals surface area contributed by atoms with E-state index in [1.807, 2.05) is 58.0 Å². The zero-order valence-electron chi connectivity index (χ0n) is 14.2. The number of anilines is 1. The van der Waals surface area contributed by atoms with E-state index in [1.54, 1.807) is 6.92 Å². The second kappa shape index (κ2) is 7.05. The molecule has 0 aromatic heterocycles. The van der Waals surface area contributed by atoms with Crippen LogP contribution in [-0.4, -0.2) is 12.0 Å². The van der Waals surface area contributed by atoms with Crippen LogP contribution in [0.2, 0.25) is 5.02 Å². The Balaban J connectivity index is 2.11. The standard InChI is InChI=1S/C19H22ClNO2/c1-11-6-7-17(13(3)8-11)23-15(5)19(22)21-18-14(4)9-12(2)10-16(18)20/h6-10,15H,1-5H3,(H,21,22). The van der Waals surface area contributed by atoms with Gasteiger partial charge in [0.05, 0.1) is 10.7 Å². The van der Waals surface area contributed by atoms with Gasteiger partial charge in [0.2, 0.25) is 0 Å². The largest absolute Gasteiger partial charge is 0.481 e. The van der Waals surface area contributed by atoms with Gasteiger partial charge in [0.25, 0.3) is 5.91 Å². The minimum Gasteiger partial charge on any atom is -0.481 e. The lowest BCUT2D eigenvalue weighted by atomic mass is 10.1. The SMILES string of the molecule is Cc1ccc(OC(C)C(=O)Nc2c(C)cc(C)cc2Cl)c(C)c1. The monoisotopic (exact) mass is 331 g/mol. The topological polar surface area (TPSA) is 38.3 Å². The number of hydrogen-bond acceptors (Lipinski definition) is 2. The molecule has 1 unspecified atom stereocenters. The van der Waals surface area contributed by atoms with Crippen molar-refractivity contribution in [2.24, 2.45) is 0 Å². The van der Waals surface area contributed by atoms with Crippen molar-refractivity contribution in [3.63, 3.8) is 0 Å². The Hall–Kier alpha value is -2.00. The van der Waals surface area contributed by atoms with Gasteiger partial charge >= 0.3 is 0 Å². The molecule has 0 aliphatic heterocycles. The number of aryl methyl sites for hydroxylation is 4. The van der Waals surface area contributed by atoms with Gasteiger partial charge in [0, 0.05) is 0 Å². The van der Waals surface area contributed by atoms with E-state index in [-0.39, 0.29) is 5.91 Å². The van der Waals surface area contributed by atoms with E-state index in [2.05, 4.69) is 5.32 Å². The number of ether oxygens (including phenoxy) is 1. The zero-order valence-corrected chi connectivity index (χ0v) is 14.9. The van der Waals surface area contributed by atoms with E-state index in [9.17, 15) is 4.79 Å². The fourth-order valence-corrected chi connectivity index (χ4v) is 2.84. The number of benzene rings is 2. The second-order valence-electron chi connectivity index (χ2n) is 5.96. The molecule has 122 valence electrons. The molecule has 0 fully saturated rings. The van der Waals surface area contributed by atoms with E-state index in [1.165, 1.54) is 0 Å². The van der Waals surface area contributed by atoms with Crippen LogP contribution in [0.3, 0.4) is 0 Å². The molecule has 0 radical (unpaired) electrons. The van der Waals surface area contributed by atoms with Gasteiger partial charge in [0.1, 0.15) is 5.75 Å². The highest BCUT2D eigenvalue weighted by Gasteiger charge is 2.18. The quantitative estimate of drug-likeness (QED) is 0.858. The summed E-state index contributed by atoms with van der Waals surface area (Å²) in [5.74, 6) is 0.490. The lowest BCUT2D eigenvalue weighted by molar-refractivity contribution is -0.122. The van der Waals surface area contributed by atoms with Gasteiger partial charge in [-0.3, -0.25) is 4.79 Å². The third-order valence-corrected chi connectivity index (χ3v) is 3.98. The Labute approximate surface area is 142 Å². The van der Waals surface area contributed by atoms with Crippen molar-refractivity contribution in [3.8, 4) is 5.75 Å². The first kappa shape index (κ1) is 17.4. The minimum atomic E-state index is -0.617. The molecule has 0 bridgehead atoms. The van der Waals surface area contributed by atoms with Gasteiger partial charge in [-0.1, -0.05) is 35.4 Å². The summed E-state index contributed by atoms with van der Waals surface area (Å²) in [5.41, 5.74) is 4.80. The summed E-state index contributed by atoms with van der Waals surface area (Å²) in [6.07, 6.45) is -0.617. The predicted molar refractivity (Wildman–Crippen MR) is 95.6 cm³/mol. The lowest BCUT2D eigenvalue weighted by Crippen LogP contribution is -2.30. The first-order valence-corrected chi connectivity index (χ1v) is 7.97. The van der Waals surface area contributed by atoms with Gasteiger partial charge < -0.3 is 10.1 Å². The van der Waals surface area contributed by atoms with Gasteiger partial charge in [-0.25, -0.2) is 0 Å². The van der Waals surface area contributed by atoms with Gasteiger partial charge in [-0.15, -0.1) is 0 Å². The van der Waals surface area contributed by atoms with E-state index < -0.39 is 6.10 Å². The molecule has 2 aromatic rings. The van der Waals surface area contributed by atoms with Crippen LogP contribution in [0, 0.1) is 27.7 Å². The number of carbonyl (C=O) groups is 1. The Morgan fingerprint density at radius 2 is 1.70 bits per heavy atom. The van der Waals surface area contributed by atoms with Crippen LogP contribution in [0.1, 0.15) is 29.2 Å². The molecule has 1 N–H and O–H groups in total. The number of carbonyl (C=O) groups excluding carboxylic acids is 1. The highest BCUT2D eigenvalue weighted by Crippen LogP contribution is 2.28. The maximum absolute atomic E-state index is 12.4.